The predicted octanol–water partition coefficient (Wildman–Crippen LogP) is 5.11. The standard InChI is InChI=1S/C18H22F3N3O2.CH4/c1-3-4-9-22-17-16(12-23-13(2)24-17)26-11-10-25-15-8-6-5-7-14(15)18(19,20)21;/h5-8,12H,3-4,9-11H2,1-2H3,(H,22,23,24);1H4. The van der Waals surface area contributed by atoms with Crippen LogP contribution in [-0.4, -0.2) is 29.7 Å². The van der Waals surface area contributed by atoms with Crippen LogP contribution in [0.5, 0.6) is 11.5 Å². The van der Waals surface area contributed by atoms with Gasteiger partial charge in [-0.05, 0) is 25.5 Å². The normalized spacial score (nSPS) is 10.9. The maximum absolute atomic E-state index is 12.9. The van der Waals surface area contributed by atoms with Crippen LogP contribution in [0.2, 0.25) is 0 Å². The van der Waals surface area contributed by atoms with Crippen LogP contribution in [0.25, 0.3) is 0 Å². The number of alkyl halides is 3. The first-order valence-electron chi connectivity index (χ1n) is 8.41. The molecule has 0 fully saturated rings. The van der Waals surface area contributed by atoms with Crippen molar-refractivity contribution < 1.29 is 22.6 Å². The molecule has 0 aliphatic heterocycles. The van der Waals surface area contributed by atoms with E-state index >= 15 is 0 Å². The average molecular weight is 385 g/mol. The summed E-state index contributed by atoms with van der Waals surface area (Å²) in [4.78, 5) is 8.38. The zero-order chi connectivity index (χ0) is 19.0. The van der Waals surface area contributed by atoms with Gasteiger partial charge in [-0.15, -0.1) is 0 Å². The van der Waals surface area contributed by atoms with Crippen LogP contribution in [0.15, 0.2) is 30.5 Å². The van der Waals surface area contributed by atoms with Crippen LogP contribution in [0.3, 0.4) is 0 Å². The van der Waals surface area contributed by atoms with Crippen molar-refractivity contribution in [1.82, 2.24) is 9.97 Å². The smallest absolute Gasteiger partial charge is 0.419 e. The Labute approximate surface area is 157 Å². The molecular weight excluding hydrogens is 359 g/mol. The summed E-state index contributed by atoms with van der Waals surface area (Å²) in [5.41, 5.74) is -0.805. The first-order valence-corrected chi connectivity index (χ1v) is 8.41. The molecule has 0 unspecified atom stereocenters. The van der Waals surface area contributed by atoms with Gasteiger partial charge < -0.3 is 14.8 Å². The van der Waals surface area contributed by atoms with Crippen LogP contribution < -0.4 is 14.8 Å². The fourth-order valence-electron chi connectivity index (χ4n) is 2.20. The van der Waals surface area contributed by atoms with E-state index in [0.717, 1.165) is 25.5 Å². The Hall–Kier alpha value is -2.51. The van der Waals surface area contributed by atoms with Gasteiger partial charge in [0.15, 0.2) is 11.6 Å². The quantitative estimate of drug-likeness (QED) is 0.608. The van der Waals surface area contributed by atoms with Crippen LogP contribution in [0.4, 0.5) is 19.0 Å². The van der Waals surface area contributed by atoms with E-state index < -0.39 is 11.7 Å². The first kappa shape index (κ1) is 22.5. The summed E-state index contributed by atoms with van der Waals surface area (Å²) in [6.07, 6.45) is -0.890. The van der Waals surface area contributed by atoms with E-state index in [4.69, 9.17) is 9.47 Å². The van der Waals surface area contributed by atoms with Crippen molar-refractivity contribution in [1.29, 1.82) is 0 Å². The summed E-state index contributed by atoms with van der Waals surface area (Å²) in [6, 6.07) is 5.09. The summed E-state index contributed by atoms with van der Waals surface area (Å²) < 4.78 is 49.6. The topological polar surface area (TPSA) is 56.3 Å². The molecule has 1 N–H and O–H groups in total. The van der Waals surface area contributed by atoms with Crippen LogP contribution in [-0.2, 0) is 6.18 Å². The van der Waals surface area contributed by atoms with Gasteiger partial charge in [-0.3, -0.25) is 0 Å². The fourth-order valence-corrected chi connectivity index (χ4v) is 2.20. The number of anilines is 1. The van der Waals surface area contributed by atoms with Crippen molar-refractivity contribution in [2.45, 2.75) is 40.3 Å². The molecule has 150 valence electrons. The molecule has 0 saturated heterocycles. The maximum Gasteiger partial charge on any atom is 0.419 e. The summed E-state index contributed by atoms with van der Waals surface area (Å²) in [5.74, 6) is 1.40. The summed E-state index contributed by atoms with van der Waals surface area (Å²) >= 11 is 0. The molecule has 0 spiro atoms. The number of unbranched alkanes of at least 4 members (excludes halogenated alkanes) is 1. The average Bonchev–Trinajstić information content (AvgIpc) is 2.60. The molecule has 1 aromatic carbocycles. The molecule has 0 radical (unpaired) electrons. The third-order valence-electron chi connectivity index (χ3n) is 3.49. The minimum absolute atomic E-state index is 0. The third kappa shape index (κ3) is 6.96. The van der Waals surface area contributed by atoms with Gasteiger partial charge in [0.25, 0.3) is 0 Å². The number of aromatic nitrogens is 2. The summed E-state index contributed by atoms with van der Waals surface area (Å²) in [6.45, 7) is 4.64. The Morgan fingerprint density at radius 3 is 2.41 bits per heavy atom. The molecule has 2 aromatic rings. The molecule has 1 heterocycles. The number of benzene rings is 1. The lowest BCUT2D eigenvalue weighted by atomic mass is 10.2. The maximum atomic E-state index is 12.9. The molecule has 27 heavy (non-hydrogen) atoms. The predicted molar refractivity (Wildman–Crippen MR) is 99.3 cm³/mol. The number of nitrogens with zero attached hydrogens (tertiary/aromatic N) is 2. The van der Waals surface area contributed by atoms with E-state index in [9.17, 15) is 13.2 Å². The summed E-state index contributed by atoms with van der Waals surface area (Å²) in [7, 11) is 0. The molecule has 0 aliphatic carbocycles. The number of halogens is 3. The van der Waals surface area contributed by atoms with E-state index in [-0.39, 0.29) is 26.4 Å². The molecular formula is C19H26F3N3O2. The molecule has 5 nitrogen and oxygen atoms in total. The minimum Gasteiger partial charge on any atom is -0.489 e. The van der Waals surface area contributed by atoms with Gasteiger partial charge >= 0.3 is 6.18 Å². The van der Waals surface area contributed by atoms with Crippen LogP contribution in [0.1, 0.15) is 38.6 Å². The molecule has 0 atom stereocenters. The van der Waals surface area contributed by atoms with Gasteiger partial charge in [0.1, 0.15) is 24.8 Å². The highest BCUT2D eigenvalue weighted by Gasteiger charge is 2.33. The number of ether oxygens (including phenoxy) is 2. The van der Waals surface area contributed by atoms with Gasteiger partial charge in [-0.1, -0.05) is 32.9 Å². The Kier molecular flexibility index (Phi) is 8.84. The van der Waals surface area contributed by atoms with Gasteiger partial charge in [-0.25, -0.2) is 9.97 Å². The van der Waals surface area contributed by atoms with Crippen molar-refractivity contribution >= 4 is 5.82 Å². The molecule has 1 aromatic heterocycles. The lowest BCUT2D eigenvalue weighted by Gasteiger charge is -2.15. The molecule has 0 amide bonds. The number of rotatable bonds is 9. The first-order chi connectivity index (χ1) is 12.4. The lowest BCUT2D eigenvalue weighted by molar-refractivity contribution is -0.139. The van der Waals surface area contributed by atoms with Crippen molar-refractivity contribution in [2.24, 2.45) is 0 Å². The second kappa shape index (κ2) is 10.6. The number of hydrogen-bond acceptors (Lipinski definition) is 5. The van der Waals surface area contributed by atoms with E-state index in [1.807, 2.05) is 0 Å². The highest BCUT2D eigenvalue weighted by molar-refractivity contribution is 5.48. The zero-order valence-corrected chi connectivity index (χ0v) is 14.8. The Bertz CT molecular complexity index is 709. The van der Waals surface area contributed by atoms with E-state index in [1.54, 1.807) is 13.1 Å². The number of aryl methyl sites for hydroxylation is 1. The van der Waals surface area contributed by atoms with E-state index in [1.165, 1.54) is 18.2 Å². The second-order valence-corrected chi connectivity index (χ2v) is 5.60. The molecule has 0 bridgehead atoms. The SMILES string of the molecule is C.CCCCNc1nc(C)ncc1OCCOc1ccccc1C(F)(F)F. The van der Waals surface area contributed by atoms with Crippen molar-refractivity contribution in [3.63, 3.8) is 0 Å². The van der Waals surface area contributed by atoms with Crippen molar-refractivity contribution in [3.8, 4) is 11.5 Å². The minimum atomic E-state index is -4.46. The van der Waals surface area contributed by atoms with Gasteiger partial charge in [0, 0.05) is 6.54 Å². The molecule has 8 heteroatoms. The molecule has 0 aliphatic rings. The Morgan fingerprint density at radius 1 is 1.07 bits per heavy atom. The van der Waals surface area contributed by atoms with Crippen LogP contribution >= 0.6 is 0 Å². The second-order valence-electron chi connectivity index (χ2n) is 5.60. The zero-order valence-electron chi connectivity index (χ0n) is 14.8. The third-order valence-corrected chi connectivity index (χ3v) is 3.49. The number of nitrogens with one attached hydrogen (secondary N) is 1. The largest absolute Gasteiger partial charge is 0.489 e. The fraction of sp³-hybridized carbons (Fsp3) is 0.474. The number of hydrogen-bond donors (Lipinski definition) is 1. The highest BCUT2D eigenvalue weighted by Crippen LogP contribution is 2.35. The van der Waals surface area contributed by atoms with Crippen molar-refractivity contribution in [2.75, 3.05) is 25.1 Å². The van der Waals surface area contributed by atoms with E-state index in [0.29, 0.717) is 17.4 Å². The van der Waals surface area contributed by atoms with Gasteiger partial charge in [0.05, 0.1) is 11.8 Å². The van der Waals surface area contributed by atoms with Gasteiger partial charge in [-0.2, -0.15) is 13.2 Å². The Morgan fingerprint density at radius 2 is 1.74 bits per heavy atom. The molecule has 0 saturated carbocycles. The lowest BCUT2D eigenvalue weighted by Crippen LogP contribution is -2.14. The van der Waals surface area contributed by atoms with Crippen LogP contribution in [0, 0.1) is 6.92 Å². The van der Waals surface area contributed by atoms with E-state index in [2.05, 4.69) is 22.2 Å². The molecule has 2 rings (SSSR count). The van der Waals surface area contributed by atoms with Crippen molar-refractivity contribution in [3.05, 3.63) is 41.9 Å². The van der Waals surface area contributed by atoms with Gasteiger partial charge in [0.2, 0.25) is 0 Å². The number of para-hydroxylation sites is 1. The Balaban J connectivity index is 0.00000364. The monoisotopic (exact) mass is 385 g/mol. The summed E-state index contributed by atoms with van der Waals surface area (Å²) in [5, 5.41) is 3.18. The highest BCUT2D eigenvalue weighted by atomic mass is 19.4.